The number of nitrogens with one attached hydrogen (secondary N) is 1. The number of rotatable bonds is 15. The molecule has 26 nitrogen and oxygen atoms in total. The number of fused-ring (bicyclic) bond motifs is 1. The average molecular weight is 777 g/mol. The Bertz CT molecular complexity index is 1940. The number of phosphoric ester groups is 1. The van der Waals surface area contributed by atoms with Crippen LogP contribution in [0.3, 0.4) is 0 Å². The minimum atomic E-state index is -5.83. The lowest BCUT2D eigenvalue weighted by molar-refractivity contribution is -0.155. The summed E-state index contributed by atoms with van der Waals surface area (Å²) in [5.74, 6) is 0.0280. The average Bonchev–Trinajstić information content (AvgIpc) is 3.67. The van der Waals surface area contributed by atoms with Gasteiger partial charge in [0, 0.05) is 19.4 Å². The van der Waals surface area contributed by atoms with Gasteiger partial charge in [0.1, 0.15) is 55.3 Å². The maximum absolute atomic E-state index is 12.4. The molecule has 3 aromatic heterocycles. The summed E-state index contributed by atoms with van der Waals surface area (Å²) < 4.78 is 78.1. The Kier molecular flexibility index (Phi) is 11.5. The van der Waals surface area contributed by atoms with Crippen LogP contribution in [0.1, 0.15) is 12.5 Å². The van der Waals surface area contributed by atoms with Crippen LogP contribution in [-0.2, 0) is 50.5 Å². The lowest BCUT2D eigenvalue weighted by atomic mass is 10.1. The Morgan fingerprint density at radius 3 is 2.32 bits per heavy atom. The molecule has 9 N–H and O–H groups in total. The number of nitrogen functional groups attached to an aromatic ring is 1. The van der Waals surface area contributed by atoms with Gasteiger partial charge in [-0.2, -0.15) is 8.62 Å². The van der Waals surface area contributed by atoms with Crippen LogP contribution >= 0.6 is 23.5 Å². The molecule has 2 unspecified atom stereocenters. The van der Waals surface area contributed by atoms with Gasteiger partial charge in [0.05, 0.1) is 19.5 Å². The zero-order valence-electron chi connectivity index (χ0n) is 25.2. The highest BCUT2D eigenvalue weighted by atomic mass is 31.3. The molecular weight excluding hydrogens is 747 g/mol. The molecule has 5 heterocycles. The van der Waals surface area contributed by atoms with E-state index in [1.165, 1.54) is 18.0 Å². The van der Waals surface area contributed by atoms with Gasteiger partial charge in [0.2, 0.25) is 0 Å². The van der Waals surface area contributed by atoms with Gasteiger partial charge in [-0.05, 0) is 0 Å². The third kappa shape index (κ3) is 8.78. The fraction of sp³-hybridized carbons (Fsp3) is 0.571. The van der Waals surface area contributed by atoms with Crippen LogP contribution in [0.25, 0.3) is 11.2 Å². The number of anilines is 1. The second kappa shape index (κ2) is 15.0. The summed E-state index contributed by atoms with van der Waals surface area (Å²) >= 11 is 0. The minimum absolute atomic E-state index is 0.0280. The van der Waals surface area contributed by atoms with Gasteiger partial charge in [0.25, 0.3) is 5.56 Å². The SMILES string of the molecule is CO[C@@H]1[C@H](OCOC[C@H]2O[C@@H](n3ccc(=O)[nH]c3=O)[C@H](O)[C@@H]2O)[C@@H](COP(=O)(O)OP(=O)(O)OP(=O)(O)O)O[C@H]1n1cnc2c(N)ncnc21. The quantitative estimate of drug-likeness (QED) is 0.0438. The monoisotopic (exact) mass is 777 g/mol. The fourth-order valence-electron chi connectivity index (χ4n) is 5.06. The van der Waals surface area contributed by atoms with E-state index in [1.807, 2.05) is 4.98 Å². The predicted molar refractivity (Wildman–Crippen MR) is 157 cm³/mol. The highest BCUT2D eigenvalue weighted by Gasteiger charge is 2.50. The first kappa shape index (κ1) is 38.4. The van der Waals surface area contributed by atoms with Crippen LogP contribution in [-0.4, -0.2) is 123 Å². The van der Waals surface area contributed by atoms with E-state index in [4.69, 9.17) is 43.7 Å². The molecule has 10 atom stereocenters. The Labute approximate surface area is 277 Å². The van der Waals surface area contributed by atoms with Crippen LogP contribution < -0.4 is 17.0 Å². The van der Waals surface area contributed by atoms with Crippen LogP contribution in [0.5, 0.6) is 0 Å². The van der Waals surface area contributed by atoms with Crippen molar-refractivity contribution in [3.63, 3.8) is 0 Å². The summed E-state index contributed by atoms with van der Waals surface area (Å²) in [6.45, 7) is -1.98. The molecule has 5 rings (SSSR count). The number of aromatic amines is 1. The standard InChI is InChI=1S/C21H30N7O19P3/c1-40-16-15(42-8-41-4-9-13(30)14(31)19(44-9)27-3-2-11(29)26-21(27)32)10(5-43-49(36,37)47-50(38,39)46-48(33,34)35)45-20(16)28-7-25-12-17(22)23-6-24-18(12)28/h2-3,6-7,9-10,13-16,19-20,30-31H,4-5,8H2,1H3,(H,36,37)(H,38,39)(H2,22,23,24)(H,26,29,32)(H2,33,34,35)/t9-,10-,13-,14-,15-,16-,19-,20-/m1/s1. The second-order valence-corrected chi connectivity index (χ2v) is 14.8. The summed E-state index contributed by atoms with van der Waals surface area (Å²) in [7, 11) is -15.8. The molecule has 0 bridgehead atoms. The van der Waals surface area contributed by atoms with Crippen LogP contribution in [0.4, 0.5) is 5.82 Å². The number of aromatic nitrogens is 6. The Balaban J connectivity index is 1.29. The van der Waals surface area contributed by atoms with E-state index < -0.39 is 104 Å². The largest absolute Gasteiger partial charge is 0.490 e. The zero-order valence-corrected chi connectivity index (χ0v) is 27.9. The molecule has 0 saturated carbocycles. The molecule has 29 heteroatoms. The number of H-pyrrole nitrogens is 1. The summed E-state index contributed by atoms with van der Waals surface area (Å²) in [6, 6.07) is 1.01. The number of hydrogen-bond donors (Lipinski definition) is 8. The molecule has 0 amide bonds. The van der Waals surface area contributed by atoms with Crippen molar-refractivity contribution < 1.29 is 80.3 Å². The van der Waals surface area contributed by atoms with E-state index in [0.717, 1.165) is 23.2 Å². The van der Waals surface area contributed by atoms with Crippen molar-refractivity contribution in [2.75, 3.05) is 32.9 Å². The number of methoxy groups -OCH3 is 1. The van der Waals surface area contributed by atoms with Crippen molar-refractivity contribution in [1.29, 1.82) is 0 Å². The summed E-state index contributed by atoms with van der Waals surface area (Å²) in [6.07, 6.45) is -7.15. The number of phosphoric acid groups is 3. The van der Waals surface area contributed by atoms with Crippen molar-refractivity contribution in [3.8, 4) is 0 Å². The molecule has 0 spiro atoms. The van der Waals surface area contributed by atoms with E-state index in [-0.39, 0.29) is 17.0 Å². The number of aliphatic hydroxyl groups excluding tert-OH is 2. The maximum Gasteiger partial charge on any atom is 0.490 e. The van der Waals surface area contributed by atoms with E-state index in [1.54, 1.807) is 0 Å². The van der Waals surface area contributed by atoms with E-state index >= 15 is 0 Å². The molecule has 50 heavy (non-hydrogen) atoms. The van der Waals surface area contributed by atoms with Gasteiger partial charge in [0.15, 0.2) is 23.9 Å². The number of imidazole rings is 1. The third-order valence-corrected chi connectivity index (χ3v) is 10.9. The van der Waals surface area contributed by atoms with Gasteiger partial charge in [-0.15, -0.1) is 0 Å². The summed E-state index contributed by atoms with van der Waals surface area (Å²) in [4.78, 5) is 74.7. The molecule has 2 aliphatic heterocycles. The minimum Gasteiger partial charge on any atom is -0.387 e. The van der Waals surface area contributed by atoms with Crippen LogP contribution in [0.15, 0.2) is 34.5 Å². The van der Waals surface area contributed by atoms with E-state index in [2.05, 4.69) is 23.6 Å². The highest BCUT2D eigenvalue weighted by molar-refractivity contribution is 7.66. The zero-order chi connectivity index (χ0) is 36.6. The van der Waals surface area contributed by atoms with Gasteiger partial charge >= 0.3 is 29.2 Å². The Morgan fingerprint density at radius 1 is 0.920 bits per heavy atom. The lowest BCUT2D eigenvalue weighted by Crippen LogP contribution is -2.39. The molecule has 2 saturated heterocycles. The molecule has 0 aliphatic carbocycles. The smallest absolute Gasteiger partial charge is 0.387 e. The number of nitrogens with two attached hydrogens (primary N) is 1. The van der Waals surface area contributed by atoms with Crippen molar-refractivity contribution in [2.24, 2.45) is 0 Å². The first-order chi connectivity index (χ1) is 23.4. The summed E-state index contributed by atoms with van der Waals surface area (Å²) in [5, 5.41) is 20.9. The normalized spacial score (nSPS) is 29.7. The lowest BCUT2D eigenvalue weighted by Gasteiger charge is -2.24. The van der Waals surface area contributed by atoms with Crippen LogP contribution in [0.2, 0.25) is 0 Å². The molecule has 0 aromatic carbocycles. The second-order valence-electron chi connectivity index (χ2n) is 10.4. The highest BCUT2D eigenvalue weighted by Crippen LogP contribution is 2.66. The van der Waals surface area contributed by atoms with E-state index in [9.17, 15) is 43.3 Å². The van der Waals surface area contributed by atoms with Crippen molar-refractivity contribution in [3.05, 3.63) is 45.8 Å². The molecule has 3 aromatic rings. The van der Waals surface area contributed by atoms with Crippen molar-refractivity contribution in [1.82, 2.24) is 29.1 Å². The van der Waals surface area contributed by atoms with Crippen molar-refractivity contribution >= 4 is 40.4 Å². The fourth-order valence-corrected chi connectivity index (χ4v) is 8.09. The third-order valence-electron chi connectivity index (χ3n) is 7.13. The number of ether oxygens (including phenoxy) is 5. The topological polar surface area (TPSA) is 371 Å². The number of nitrogens with zero attached hydrogens (tertiary/aromatic N) is 5. The first-order valence-electron chi connectivity index (χ1n) is 13.8. The van der Waals surface area contributed by atoms with Gasteiger partial charge < -0.3 is 59.2 Å². The van der Waals surface area contributed by atoms with Crippen molar-refractivity contribution in [2.45, 2.75) is 49.1 Å². The molecule has 2 fully saturated rings. The molecule has 0 radical (unpaired) electrons. The number of hydrogen-bond acceptors (Lipinski definition) is 19. The predicted octanol–water partition coefficient (Wildman–Crippen LogP) is -2.81. The van der Waals surface area contributed by atoms with Gasteiger partial charge in [-0.3, -0.25) is 23.4 Å². The first-order valence-corrected chi connectivity index (χ1v) is 18.3. The van der Waals surface area contributed by atoms with Crippen LogP contribution in [0, 0.1) is 0 Å². The Hall–Kier alpha value is -2.84. The molecule has 278 valence electrons. The van der Waals surface area contributed by atoms with E-state index in [0.29, 0.717) is 0 Å². The number of aliphatic hydroxyl groups is 2. The summed E-state index contributed by atoms with van der Waals surface area (Å²) in [5.41, 5.74) is 4.64. The van der Waals surface area contributed by atoms with Gasteiger partial charge in [-0.1, -0.05) is 0 Å². The maximum atomic E-state index is 12.4. The molecular formula is C21H30N7O19P3. The Morgan fingerprint density at radius 2 is 1.64 bits per heavy atom. The van der Waals surface area contributed by atoms with Gasteiger partial charge in [-0.25, -0.2) is 33.4 Å². The molecule has 2 aliphatic rings.